The van der Waals surface area contributed by atoms with E-state index >= 15 is 0 Å². The monoisotopic (exact) mass is 210 g/mol. The van der Waals surface area contributed by atoms with Crippen LogP contribution in [0, 0.1) is 0 Å². The van der Waals surface area contributed by atoms with Crippen molar-refractivity contribution in [2.75, 3.05) is 18.0 Å². The van der Waals surface area contributed by atoms with Crippen LogP contribution in [0.2, 0.25) is 0 Å². The maximum absolute atomic E-state index is 2.41. The van der Waals surface area contributed by atoms with Gasteiger partial charge in [-0.1, -0.05) is 0 Å². The van der Waals surface area contributed by atoms with E-state index in [0.717, 1.165) is 19.6 Å². The summed E-state index contributed by atoms with van der Waals surface area (Å²) in [6, 6.07) is 0.522. The van der Waals surface area contributed by atoms with Gasteiger partial charge in [-0.3, -0.25) is 4.90 Å². The molecule has 0 fully saturated rings. The van der Waals surface area contributed by atoms with Crippen LogP contribution >= 0.6 is 0 Å². The molecule has 0 radical (unpaired) electrons. The number of nitrogens with zero attached hydrogens (tertiary/aromatic N) is 3. The van der Waals surface area contributed by atoms with Crippen molar-refractivity contribution in [3.63, 3.8) is 0 Å². The van der Waals surface area contributed by atoms with Crippen LogP contribution < -0.4 is 9.47 Å². The average molecular weight is 210 g/mol. The van der Waals surface area contributed by atoms with Crippen molar-refractivity contribution in [1.82, 2.24) is 4.57 Å². The third-order valence-electron chi connectivity index (χ3n) is 2.84. The summed E-state index contributed by atoms with van der Waals surface area (Å²) in [5.74, 6) is 1.33. The zero-order valence-corrected chi connectivity index (χ0v) is 10.7. The molecule has 1 rings (SSSR count). The molecule has 0 saturated heterocycles. The maximum atomic E-state index is 2.41. The molecular formula is C12H24N3+. The molecular weight excluding hydrogens is 186 g/mol. The van der Waals surface area contributed by atoms with E-state index in [-0.39, 0.29) is 0 Å². The summed E-state index contributed by atoms with van der Waals surface area (Å²) < 4.78 is 4.66. The van der Waals surface area contributed by atoms with Crippen molar-refractivity contribution in [3.8, 4) is 0 Å². The summed E-state index contributed by atoms with van der Waals surface area (Å²) >= 11 is 0. The summed E-state index contributed by atoms with van der Waals surface area (Å²) in [6.45, 7) is 14.2. The molecule has 0 aliphatic carbocycles. The van der Waals surface area contributed by atoms with Crippen LogP contribution in [-0.2, 0) is 6.54 Å². The van der Waals surface area contributed by atoms with Crippen molar-refractivity contribution < 1.29 is 4.57 Å². The molecule has 0 aromatic carbocycles. The van der Waals surface area contributed by atoms with Gasteiger partial charge in [-0.05, 0) is 34.6 Å². The second kappa shape index (κ2) is 5.19. The Morgan fingerprint density at radius 3 is 2.27 bits per heavy atom. The highest BCUT2D eigenvalue weighted by Crippen LogP contribution is 2.15. The van der Waals surface area contributed by atoms with Crippen LogP contribution in [0.3, 0.4) is 0 Å². The lowest BCUT2D eigenvalue weighted by Crippen LogP contribution is -2.41. The molecule has 86 valence electrons. The number of imidazole rings is 1. The highest BCUT2D eigenvalue weighted by Gasteiger charge is 2.22. The first-order chi connectivity index (χ1) is 7.15. The molecule has 0 aliphatic rings. The van der Waals surface area contributed by atoms with Crippen LogP contribution in [0.5, 0.6) is 0 Å². The lowest BCUT2D eigenvalue weighted by Gasteiger charge is -2.18. The Bertz CT molecular complexity index is 298. The standard InChI is InChI=1S/C12H24N3/c1-6-13(7-2)12-14(8-3)9-10-15(12)11(4)5/h9-11H,6-8H2,1-5H3/q+1. The molecule has 3 nitrogen and oxygen atoms in total. The van der Waals surface area contributed by atoms with Crippen molar-refractivity contribution in [2.24, 2.45) is 0 Å². The molecule has 0 N–H and O–H groups in total. The van der Waals surface area contributed by atoms with Gasteiger partial charge in [-0.15, -0.1) is 0 Å². The number of hydrogen-bond donors (Lipinski definition) is 0. The van der Waals surface area contributed by atoms with Gasteiger partial charge in [0.05, 0.1) is 38.1 Å². The van der Waals surface area contributed by atoms with Crippen LogP contribution in [-0.4, -0.2) is 17.7 Å². The van der Waals surface area contributed by atoms with E-state index < -0.39 is 0 Å². The first-order valence-electron chi connectivity index (χ1n) is 6.00. The van der Waals surface area contributed by atoms with Gasteiger partial charge >= 0.3 is 5.95 Å². The summed E-state index contributed by atoms with van der Waals surface area (Å²) in [7, 11) is 0. The topological polar surface area (TPSA) is 12.1 Å². The molecule has 3 heteroatoms. The SMILES string of the molecule is CCN(CC)c1n(C(C)C)cc[n+]1CC. The molecule has 0 atom stereocenters. The van der Waals surface area contributed by atoms with Gasteiger partial charge in [0, 0.05) is 0 Å². The van der Waals surface area contributed by atoms with Gasteiger partial charge in [0.1, 0.15) is 0 Å². The lowest BCUT2D eigenvalue weighted by molar-refractivity contribution is -0.680. The Hall–Kier alpha value is -0.990. The van der Waals surface area contributed by atoms with E-state index in [2.05, 4.69) is 61.0 Å². The fourth-order valence-corrected chi connectivity index (χ4v) is 1.94. The maximum Gasteiger partial charge on any atom is 0.359 e. The number of anilines is 1. The van der Waals surface area contributed by atoms with E-state index in [4.69, 9.17) is 0 Å². The lowest BCUT2D eigenvalue weighted by atomic mass is 10.4. The molecule has 0 bridgehead atoms. The molecule has 1 heterocycles. The molecule has 0 saturated carbocycles. The molecule has 0 spiro atoms. The molecule has 0 aliphatic heterocycles. The summed E-state index contributed by atoms with van der Waals surface area (Å²) in [4.78, 5) is 2.41. The highest BCUT2D eigenvalue weighted by atomic mass is 15.3. The van der Waals surface area contributed by atoms with Gasteiger partial charge in [0.25, 0.3) is 0 Å². The van der Waals surface area contributed by atoms with Crippen LogP contribution in [0.15, 0.2) is 12.4 Å². The van der Waals surface area contributed by atoms with Gasteiger partial charge in [-0.25, -0.2) is 9.13 Å². The second-order valence-corrected chi connectivity index (χ2v) is 4.06. The third-order valence-corrected chi connectivity index (χ3v) is 2.84. The van der Waals surface area contributed by atoms with Crippen molar-refractivity contribution >= 4 is 5.95 Å². The Morgan fingerprint density at radius 1 is 1.27 bits per heavy atom. The second-order valence-electron chi connectivity index (χ2n) is 4.06. The molecule has 0 amide bonds. The van der Waals surface area contributed by atoms with E-state index in [1.165, 1.54) is 5.95 Å². The first-order valence-corrected chi connectivity index (χ1v) is 6.00. The van der Waals surface area contributed by atoms with Gasteiger partial charge in [-0.2, -0.15) is 0 Å². The van der Waals surface area contributed by atoms with E-state index in [1.54, 1.807) is 0 Å². The zero-order valence-electron chi connectivity index (χ0n) is 10.7. The fourth-order valence-electron chi connectivity index (χ4n) is 1.94. The van der Waals surface area contributed by atoms with Crippen LogP contribution in [0.4, 0.5) is 5.95 Å². The molecule has 15 heavy (non-hydrogen) atoms. The predicted octanol–water partition coefficient (Wildman–Crippen LogP) is 2.22. The largest absolute Gasteiger partial charge is 0.359 e. The number of aryl methyl sites for hydroxylation is 1. The van der Waals surface area contributed by atoms with Gasteiger partial charge in [0.15, 0.2) is 0 Å². The minimum Gasteiger partial charge on any atom is -0.265 e. The summed E-state index contributed by atoms with van der Waals surface area (Å²) in [6.07, 6.45) is 4.36. The van der Waals surface area contributed by atoms with Crippen molar-refractivity contribution in [2.45, 2.75) is 47.2 Å². The average Bonchev–Trinajstić information content (AvgIpc) is 2.64. The van der Waals surface area contributed by atoms with Crippen molar-refractivity contribution in [1.29, 1.82) is 0 Å². The quantitative estimate of drug-likeness (QED) is 0.679. The van der Waals surface area contributed by atoms with Crippen molar-refractivity contribution in [3.05, 3.63) is 12.4 Å². The number of hydrogen-bond acceptors (Lipinski definition) is 1. The molecule has 0 unspecified atom stereocenters. The summed E-state index contributed by atoms with van der Waals surface area (Å²) in [5.41, 5.74) is 0. The Kier molecular flexibility index (Phi) is 4.18. The van der Waals surface area contributed by atoms with Crippen LogP contribution in [0.25, 0.3) is 0 Å². The number of rotatable bonds is 5. The molecule has 1 aromatic rings. The Balaban J connectivity index is 3.14. The van der Waals surface area contributed by atoms with Crippen LogP contribution in [0.1, 0.15) is 40.7 Å². The first kappa shape index (κ1) is 12.1. The highest BCUT2D eigenvalue weighted by molar-refractivity contribution is 5.25. The smallest absolute Gasteiger partial charge is 0.265 e. The summed E-state index contributed by atoms with van der Waals surface area (Å²) in [5, 5.41) is 0. The van der Waals surface area contributed by atoms with Gasteiger partial charge in [0.2, 0.25) is 0 Å². The molecule has 1 aromatic heterocycles. The van der Waals surface area contributed by atoms with E-state index in [0.29, 0.717) is 6.04 Å². The Labute approximate surface area is 93.3 Å². The predicted molar refractivity (Wildman–Crippen MR) is 64.2 cm³/mol. The van der Waals surface area contributed by atoms with Gasteiger partial charge < -0.3 is 0 Å². The number of aromatic nitrogens is 2. The normalized spacial score (nSPS) is 11.1. The minimum absolute atomic E-state index is 0.522. The fraction of sp³-hybridized carbons (Fsp3) is 0.750. The van der Waals surface area contributed by atoms with E-state index in [9.17, 15) is 0 Å². The Morgan fingerprint density at radius 2 is 1.87 bits per heavy atom. The van der Waals surface area contributed by atoms with E-state index in [1.807, 2.05) is 0 Å². The third kappa shape index (κ3) is 2.33. The zero-order chi connectivity index (χ0) is 11.4. The minimum atomic E-state index is 0.522.